The first-order chi connectivity index (χ1) is 11.5. The normalized spacial score (nSPS) is 16.0. The number of rotatable bonds is 6. The number of piperazine rings is 1. The zero-order valence-corrected chi connectivity index (χ0v) is 15.1. The zero-order chi connectivity index (χ0) is 17.5. The molecule has 5 nitrogen and oxygen atoms in total. The van der Waals surface area contributed by atoms with Crippen LogP contribution in [-0.2, 0) is 4.79 Å². The maximum Gasteiger partial charge on any atom is 0.246 e. The van der Waals surface area contributed by atoms with Gasteiger partial charge in [-0.3, -0.25) is 4.79 Å². The Morgan fingerprint density at radius 3 is 2.50 bits per heavy atom. The Morgan fingerprint density at radius 1 is 1.21 bits per heavy atom. The molecule has 5 heteroatoms. The minimum atomic E-state index is 0.0622. The van der Waals surface area contributed by atoms with Gasteiger partial charge in [0.25, 0.3) is 0 Å². The summed E-state index contributed by atoms with van der Waals surface area (Å²) in [7, 11) is 1.62. The summed E-state index contributed by atoms with van der Waals surface area (Å²) in [6.07, 6.45) is 3.55. The van der Waals surface area contributed by atoms with E-state index < -0.39 is 0 Å². The first kappa shape index (κ1) is 18.3. The molecule has 0 spiro atoms. The van der Waals surface area contributed by atoms with Gasteiger partial charge in [-0.25, -0.2) is 0 Å². The molecule has 0 aromatic heterocycles. The van der Waals surface area contributed by atoms with E-state index in [0.29, 0.717) is 11.5 Å². The highest BCUT2D eigenvalue weighted by Gasteiger charge is 2.18. The van der Waals surface area contributed by atoms with Gasteiger partial charge in [-0.2, -0.15) is 0 Å². The van der Waals surface area contributed by atoms with Crippen LogP contribution < -0.4 is 9.47 Å². The molecule has 1 fully saturated rings. The van der Waals surface area contributed by atoms with Gasteiger partial charge in [-0.05, 0) is 44.2 Å². The van der Waals surface area contributed by atoms with Crippen LogP contribution in [0.5, 0.6) is 11.5 Å². The molecule has 2 rings (SSSR count). The summed E-state index contributed by atoms with van der Waals surface area (Å²) in [6, 6.07) is 5.69. The summed E-state index contributed by atoms with van der Waals surface area (Å²) < 4.78 is 11.1. The molecular formula is C19H28N2O3. The summed E-state index contributed by atoms with van der Waals surface area (Å²) in [6.45, 7) is 10.6. The Balaban J connectivity index is 1.99. The molecule has 1 heterocycles. The molecule has 0 aliphatic carbocycles. The fourth-order valence-corrected chi connectivity index (χ4v) is 2.70. The SMILES string of the molecule is CCN1CCN(C(=O)/C=C/c2ccc(OC(C)C)c(OC)c2)CC1. The summed E-state index contributed by atoms with van der Waals surface area (Å²) in [5, 5.41) is 0. The smallest absolute Gasteiger partial charge is 0.246 e. The van der Waals surface area contributed by atoms with E-state index in [1.807, 2.05) is 43.0 Å². The van der Waals surface area contributed by atoms with Gasteiger partial charge >= 0.3 is 0 Å². The highest BCUT2D eigenvalue weighted by Crippen LogP contribution is 2.29. The van der Waals surface area contributed by atoms with Crippen molar-refractivity contribution in [3.8, 4) is 11.5 Å². The van der Waals surface area contributed by atoms with Crippen LogP contribution >= 0.6 is 0 Å². The number of carbonyl (C=O) groups excluding carboxylic acids is 1. The average molecular weight is 332 g/mol. The molecule has 0 radical (unpaired) electrons. The standard InChI is InChI=1S/C19H28N2O3/c1-5-20-10-12-21(13-11-20)19(22)9-7-16-6-8-17(24-15(2)3)18(14-16)23-4/h6-9,14-15H,5,10-13H2,1-4H3/b9-7+. The minimum Gasteiger partial charge on any atom is -0.493 e. The molecule has 132 valence electrons. The lowest BCUT2D eigenvalue weighted by atomic mass is 10.1. The lowest BCUT2D eigenvalue weighted by molar-refractivity contribution is -0.127. The van der Waals surface area contributed by atoms with E-state index in [9.17, 15) is 4.79 Å². The zero-order valence-electron chi connectivity index (χ0n) is 15.1. The first-order valence-electron chi connectivity index (χ1n) is 8.57. The van der Waals surface area contributed by atoms with Crippen molar-refractivity contribution in [2.45, 2.75) is 26.9 Å². The van der Waals surface area contributed by atoms with E-state index >= 15 is 0 Å². The summed E-state index contributed by atoms with van der Waals surface area (Å²) >= 11 is 0. The number of likely N-dealkylation sites (N-methyl/N-ethyl adjacent to an activating group) is 1. The van der Waals surface area contributed by atoms with Crippen molar-refractivity contribution in [2.24, 2.45) is 0 Å². The molecule has 1 aromatic carbocycles. The van der Waals surface area contributed by atoms with Gasteiger partial charge in [-0.1, -0.05) is 13.0 Å². The minimum absolute atomic E-state index is 0.0622. The van der Waals surface area contributed by atoms with Crippen LogP contribution in [0.3, 0.4) is 0 Å². The van der Waals surface area contributed by atoms with Crippen LogP contribution in [0.4, 0.5) is 0 Å². The molecular weight excluding hydrogens is 304 g/mol. The van der Waals surface area contributed by atoms with E-state index in [0.717, 1.165) is 38.3 Å². The third kappa shape index (κ3) is 4.99. The van der Waals surface area contributed by atoms with Gasteiger partial charge in [0, 0.05) is 32.3 Å². The van der Waals surface area contributed by atoms with Crippen molar-refractivity contribution in [3.05, 3.63) is 29.8 Å². The molecule has 0 unspecified atom stereocenters. The number of hydrogen-bond acceptors (Lipinski definition) is 4. The van der Waals surface area contributed by atoms with Gasteiger partial charge in [0.05, 0.1) is 13.2 Å². The second-order valence-corrected chi connectivity index (χ2v) is 6.17. The highest BCUT2D eigenvalue weighted by molar-refractivity contribution is 5.92. The molecule has 1 amide bonds. The van der Waals surface area contributed by atoms with Gasteiger partial charge in [0.15, 0.2) is 11.5 Å². The maximum absolute atomic E-state index is 12.3. The Kier molecular flexibility index (Phi) is 6.67. The van der Waals surface area contributed by atoms with Crippen LogP contribution in [0, 0.1) is 0 Å². The number of methoxy groups -OCH3 is 1. The number of hydrogen-bond donors (Lipinski definition) is 0. The topological polar surface area (TPSA) is 42.0 Å². The molecule has 24 heavy (non-hydrogen) atoms. The Labute approximate surface area is 144 Å². The van der Waals surface area contributed by atoms with Gasteiger partial charge in [0.1, 0.15) is 0 Å². The molecule has 0 N–H and O–H groups in total. The molecule has 0 atom stereocenters. The predicted molar refractivity (Wildman–Crippen MR) is 96.5 cm³/mol. The monoisotopic (exact) mass is 332 g/mol. The third-order valence-electron chi connectivity index (χ3n) is 4.10. The van der Waals surface area contributed by atoms with Crippen LogP contribution in [0.15, 0.2) is 24.3 Å². The maximum atomic E-state index is 12.3. The quantitative estimate of drug-likeness (QED) is 0.751. The lowest BCUT2D eigenvalue weighted by Crippen LogP contribution is -2.48. The van der Waals surface area contributed by atoms with Crippen LogP contribution in [0.1, 0.15) is 26.3 Å². The molecule has 1 aromatic rings. The number of ether oxygens (including phenoxy) is 2. The Hall–Kier alpha value is -2.01. The van der Waals surface area contributed by atoms with Crippen molar-refractivity contribution in [1.82, 2.24) is 9.80 Å². The van der Waals surface area contributed by atoms with E-state index in [-0.39, 0.29) is 12.0 Å². The van der Waals surface area contributed by atoms with Crippen LogP contribution in [-0.4, -0.2) is 61.6 Å². The Bertz CT molecular complexity index is 576. The average Bonchev–Trinajstić information content (AvgIpc) is 2.60. The molecule has 1 aliphatic rings. The second-order valence-electron chi connectivity index (χ2n) is 6.17. The molecule has 0 saturated carbocycles. The lowest BCUT2D eigenvalue weighted by Gasteiger charge is -2.33. The van der Waals surface area contributed by atoms with E-state index in [4.69, 9.17) is 9.47 Å². The van der Waals surface area contributed by atoms with E-state index in [2.05, 4.69) is 11.8 Å². The number of amides is 1. The summed E-state index contributed by atoms with van der Waals surface area (Å²) in [5.74, 6) is 1.45. The molecule has 1 saturated heterocycles. The fourth-order valence-electron chi connectivity index (χ4n) is 2.70. The van der Waals surface area contributed by atoms with Crippen LogP contribution in [0.2, 0.25) is 0 Å². The van der Waals surface area contributed by atoms with Crippen molar-refractivity contribution in [1.29, 1.82) is 0 Å². The highest BCUT2D eigenvalue weighted by atomic mass is 16.5. The molecule has 0 bridgehead atoms. The summed E-state index contributed by atoms with van der Waals surface area (Å²) in [4.78, 5) is 16.5. The van der Waals surface area contributed by atoms with Crippen LogP contribution in [0.25, 0.3) is 6.08 Å². The third-order valence-corrected chi connectivity index (χ3v) is 4.10. The Morgan fingerprint density at radius 2 is 1.92 bits per heavy atom. The van der Waals surface area contributed by atoms with Gasteiger partial charge in [0.2, 0.25) is 5.91 Å². The number of benzene rings is 1. The molecule has 1 aliphatic heterocycles. The predicted octanol–water partition coefficient (Wildman–Crippen LogP) is 2.66. The van der Waals surface area contributed by atoms with Gasteiger partial charge < -0.3 is 19.3 Å². The van der Waals surface area contributed by atoms with E-state index in [1.54, 1.807) is 13.2 Å². The van der Waals surface area contributed by atoms with Gasteiger partial charge in [-0.15, -0.1) is 0 Å². The number of nitrogens with zero attached hydrogens (tertiary/aromatic N) is 2. The number of carbonyl (C=O) groups is 1. The van der Waals surface area contributed by atoms with Crippen molar-refractivity contribution < 1.29 is 14.3 Å². The van der Waals surface area contributed by atoms with Crippen molar-refractivity contribution in [2.75, 3.05) is 39.8 Å². The van der Waals surface area contributed by atoms with Crippen molar-refractivity contribution in [3.63, 3.8) is 0 Å². The largest absolute Gasteiger partial charge is 0.493 e. The van der Waals surface area contributed by atoms with Crippen molar-refractivity contribution >= 4 is 12.0 Å². The van der Waals surface area contributed by atoms with E-state index in [1.165, 1.54) is 0 Å². The second kappa shape index (κ2) is 8.73. The fraction of sp³-hybridized carbons (Fsp3) is 0.526. The summed E-state index contributed by atoms with van der Waals surface area (Å²) in [5.41, 5.74) is 0.920. The first-order valence-corrected chi connectivity index (χ1v) is 8.57.